The van der Waals surface area contributed by atoms with Gasteiger partial charge in [-0.3, -0.25) is 14.2 Å². The van der Waals surface area contributed by atoms with Gasteiger partial charge in [-0.25, -0.2) is 4.98 Å². The number of amides is 1. The van der Waals surface area contributed by atoms with Crippen LogP contribution < -0.4 is 16.6 Å². The molecule has 0 unspecified atom stereocenters. The van der Waals surface area contributed by atoms with Gasteiger partial charge >= 0.3 is 0 Å². The molecule has 126 valence electrons. The van der Waals surface area contributed by atoms with E-state index >= 15 is 0 Å². The quantitative estimate of drug-likeness (QED) is 0.874. The average Bonchev–Trinajstić information content (AvgIpc) is 2.69. The normalized spacial score (nSPS) is 14.0. The third kappa shape index (κ3) is 3.27. The molecule has 0 aliphatic carbocycles. The molecule has 3 N–H and O–H groups in total. The highest BCUT2D eigenvalue weighted by atomic mass is 35.5. The zero-order valence-electron chi connectivity index (χ0n) is 13.1. The minimum Gasteiger partial charge on any atom is -0.350 e. The summed E-state index contributed by atoms with van der Waals surface area (Å²) in [6.07, 6.45) is 4.03. The van der Waals surface area contributed by atoms with Crippen LogP contribution in [-0.2, 0) is 13.0 Å². The lowest BCUT2D eigenvalue weighted by Crippen LogP contribution is -2.29. The smallest absolute Gasteiger partial charge is 0.262 e. The first kappa shape index (κ1) is 17.9. The van der Waals surface area contributed by atoms with Crippen molar-refractivity contribution in [2.45, 2.75) is 39.2 Å². The number of nitrogens with zero attached hydrogens (tertiary/aromatic N) is 2. The van der Waals surface area contributed by atoms with Gasteiger partial charge in [-0.15, -0.1) is 23.7 Å². The first-order valence-electron chi connectivity index (χ1n) is 7.64. The van der Waals surface area contributed by atoms with Gasteiger partial charge in [-0.1, -0.05) is 6.42 Å². The second kappa shape index (κ2) is 7.42. The molecular weight excluding hydrogens is 336 g/mol. The standard InChI is InChI=1S/C15H20N4O2S.ClH/c1-9-11-14(22-12(9)13(20)17-7-6-16)18-10-5-3-2-4-8-19(10)15(11)21;/h2-8,16H2,1H3,(H,17,20);1H. The molecule has 1 aliphatic heterocycles. The number of aromatic nitrogens is 2. The molecule has 1 aliphatic rings. The second-order valence-electron chi connectivity index (χ2n) is 5.58. The molecule has 2 aromatic rings. The van der Waals surface area contributed by atoms with Crippen LogP contribution in [0.15, 0.2) is 4.79 Å². The maximum Gasteiger partial charge on any atom is 0.262 e. The number of carbonyl (C=O) groups is 1. The number of carbonyl (C=O) groups excluding carboxylic acids is 1. The molecule has 0 saturated carbocycles. The topological polar surface area (TPSA) is 90.0 Å². The third-order valence-corrected chi connectivity index (χ3v) is 5.23. The molecule has 6 nitrogen and oxygen atoms in total. The summed E-state index contributed by atoms with van der Waals surface area (Å²) in [6.45, 7) is 3.37. The van der Waals surface area contributed by atoms with Crippen LogP contribution in [0.2, 0.25) is 0 Å². The number of hydrogen-bond donors (Lipinski definition) is 2. The van der Waals surface area contributed by atoms with Crippen molar-refractivity contribution in [3.05, 3.63) is 26.6 Å². The first-order chi connectivity index (χ1) is 10.6. The highest BCUT2D eigenvalue weighted by Crippen LogP contribution is 2.28. The van der Waals surface area contributed by atoms with E-state index in [1.807, 2.05) is 6.92 Å². The Hall–Kier alpha value is -1.44. The molecule has 2 aromatic heterocycles. The Labute approximate surface area is 144 Å². The second-order valence-corrected chi connectivity index (χ2v) is 6.58. The number of nitrogens with two attached hydrogens (primary N) is 1. The monoisotopic (exact) mass is 356 g/mol. The van der Waals surface area contributed by atoms with Crippen molar-refractivity contribution in [3.8, 4) is 0 Å². The van der Waals surface area contributed by atoms with E-state index in [1.165, 1.54) is 11.3 Å². The lowest BCUT2D eigenvalue weighted by atomic mass is 10.2. The fourth-order valence-electron chi connectivity index (χ4n) is 2.89. The number of aryl methyl sites for hydroxylation is 2. The van der Waals surface area contributed by atoms with Crippen LogP contribution in [0, 0.1) is 6.92 Å². The van der Waals surface area contributed by atoms with Crippen LogP contribution in [0.4, 0.5) is 0 Å². The van der Waals surface area contributed by atoms with E-state index in [9.17, 15) is 9.59 Å². The molecule has 1 amide bonds. The summed E-state index contributed by atoms with van der Waals surface area (Å²) >= 11 is 1.30. The Kier molecular flexibility index (Phi) is 5.78. The predicted octanol–water partition coefficient (Wildman–Crippen LogP) is 1.60. The molecule has 8 heteroatoms. The lowest BCUT2D eigenvalue weighted by Gasteiger charge is -2.08. The number of rotatable bonds is 3. The van der Waals surface area contributed by atoms with Gasteiger partial charge in [0.1, 0.15) is 10.7 Å². The van der Waals surface area contributed by atoms with E-state index in [0.717, 1.165) is 43.6 Å². The van der Waals surface area contributed by atoms with Gasteiger partial charge in [0.15, 0.2) is 0 Å². The largest absolute Gasteiger partial charge is 0.350 e. The van der Waals surface area contributed by atoms with E-state index in [4.69, 9.17) is 5.73 Å². The Morgan fingerprint density at radius 2 is 2.17 bits per heavy atom. The zero-order chi connectivity index (χ0) is 15.7. The maximum absolute atomic E-state index is 12.8. The van der Waals surface area contributed by atoms with Crippen LogP contribution in [-0.4, -0.2) is 28.5 Å². The minimum absolute atomic E-state index is 0. The highest BCUT2D eigenvalue weighted by molar-refractivity contribution is 7.20. The van der Waals surface area contributed by atoms with Crippen LogP contribution in [0.25, 0.3) is 10.2 Å². The molecule has 0 aromatic carbocycles. The molecule has 0 fully saturated rings. The van der Waals surface area contributed by atoms with E-state index in [1.54, 1.807) is 4.57 Å². The van der Waals surface area contributed by atoms with Crippen molar-refractivity contribution in [1.29, 1.82) is 0 Å². The summed E-state index contributed by atoms with van der Waals surface area (Å²) in [7, 11) is 0. The van der Waals surface area contributed by atoms with Crippen LogP contribution >= 0.6 is 23.7 Å². The summed E-state index contributed by atoms with van der Waals surface area (Å²) in [5, 5.41) is 3.35. The summed E-state index contributed by atoms with van der Waals surface area (Å²) in [5.41, 5.74) is 6.13. The minimum atomic E-state index is -0.175. The number of halogens is 1. The summed E-state index contributed by atoms with van der Waals surface area (Å²) < 4.78 is 1.79. The molecule has 3 rings (SSSR count). The molecule has 0 radical (unpaired) electrons. The lowest BCUT2D eigenvalue weighted by molar-refractivity contribution is 0.0958. The van der Waals surface area contributed by atoms with Crippen LogP contribution in [0.1, 0.15) is 40.3 Å². The van der Waals surface area contributed by atoms with Crippen molar-refractivity contribution in [3.63, 3.8) is 0 Å². The predicted molar refractivity (Wildman–Crippen MR) is 94.8 cm³/mol. The summed E-state index contributed by atoms with van der Waals surface area (Å²) in [6, 6.07) is 0. The highest BCUT2D eigenvalue weighted by Gasteiger charge is 2.21. The Morgan fingerprint density at radius 1 is 1.39 bits per heavy atom. The Bertz CT molecular complexity index is 784. The molecular formula is C15H21ClN4O2S. The Balaban J connectivity index is 0.00000192. The Morgan fingerprint density at radius 3 is 2.91 bits per heavy atom. The first-order valence-corrected chi connectivity index (χ1v) is 8.46. The van der Waals surface area contributed by atoms with Crippen molar-refractivity contribution in [2.24, 2.45) is 5.73 Å². The van der Waals surface area contributed by atoms with Gasteiger partial charge in [-0.2, -0.15) is 0 Å². The molecule has 0 atom stereocenters. The zero-order valence-corrected chi connectivity index (χ0v) is 14.7. The van der Waals surface area contributed by atoms with Crippen molar-refractivity contribution >= 4 is 39.9 Å². The molecule has 0 bridgehead atoms. The van der Waals surface area contributed by atoms with Gasteiger partial charge in [0.2, 0.25) is 0 Å². The average molecular weight is 357 g/mol. The fourth-order valence-corrected chi connectivity index (χ4v) is 4.00. The number of fused-ring (bicyclic) bond motifs is 2. The van der Waals surface area contributed by atoms with Crippen molar-refractivity contribution in [1.82, 2.24) is 14.9 Å². The summed E-state index contributed by atoms with van der Waals surface area (Å²) in [4.78, 5) is 30.9. The van der Waals surface area contributed by atoms with E-state index in [2.05, 4.69) is 10.3 Å². The third-order valence-electron chi connectivity index (χ3n) is 4.05. The molecule has 3 heterocycles. The number of hydrogen-bond acceptors (Lipinski definition) is 5. The molecule has 0 saturated heterocycles. The van der Waals surface area contributed by atoms with Gasteiger partial charge < -0.3 is 11.1 Å². The maximum atomic E-state index is 12.8. The number of nitrogens with one attached hydrogen (secondary N) is 1. The van der Waals surface area contributed by atoms with Gasteiger partial charge in [-0.05, 0) is 25.3 Å². The molecule has 23 heavy (non-hydrogen) atoms. The van der Waals surface area contributed by atoms with Gasteiger partial charge in [0.25, 0.3) is 11.5 Å². The fraction of sp³-hybridized carbons (Fsp3) is 0.533. The van der Waals surface area contributed by atoms with E-state index in [-0.39, 0.29) is 23.9 Å². The van der Waals surface area contributed by atoms with Gasteiger partial charge in [0, 0.05) is 26.1 Å². The summed E-state index contributed by atoms with van der Waals surface area (Å²) in [5.74, 6) is 0.677. The number of thiophene rings is 1. The van der Waals surface area contributed by atoms with Crippen molar-refractivity contribution < 1.29 is 4.79 Å². The van der Waals surface area contributed by atoms with Crippen LogP contribution in [0.3, 0.4) is 0 Å². The SMILES string of the molecule is Cc1c(C(=O)NCCN)sc2nc3n(c(=O)c12)CCCCC3.Cl. The molecule has 0 spiro atoms. The van der Waals surface area contributed by atoms with Gasteiger partial charge in [0.05, 0.1) is 10.3 Å². The van der Waals surface area contributed by atoms with E-state index < -0.39 is 0 Å². The van der Waals surface area contributed by atoms with E-state index in [0.29, 0.717) is 28.2 Å². The van der Waals surface area contributed by atoms with Crippen molar-refractivity contribution in [2.75, 3.05) is 13.1 Å². The van der Waals surface area contributed by atoms with Crippen LogP contribution in [0.5, 0.6) is 0 Å².